The highest BCUT2D eigenvalue weighted by molar-refractivity contribution is 5.83. The maximum absolute atomic E-state index is 12.8. The number of hydrogen-bond acceptors (Lipinski definition) is 2. The molecule has 6 heteroatoms. The van der Waals surface area contributed by atoms with Crippen molar-refractivity contribution >= 4 is 5.91 Å². The number of carbonyl (C=O) groups is 1. The van der Waals surface area contributed by atoms with Crippen LogP contribution in [-0.4, -0.2) is 30.4 Å². The van der Waals surface area contributed by atoms with Gasteiger partial charge in [0.1, 0.15) is 0 Å². The van der Waals surface area contributed by atoms with Gasteiger partial charge in [0.25, 0.3) is 0 Å². The van der Waals surface area contributed by atoms with Crippen LogP contribution < -0.4 is 5.73 Å². The summed E-state index contributed by atoms with van der Waals surface area (Å²) in [6.45, 7) is 3.95. The Morgan fingerprint density at radius 1 is 1.43 bits per heavy atom. The third-order valence-electron chi connectivity index (χ3n) is 5.11. The Bertz CT molecular complexity index is 616. The van der Waals surface area contributed by atoms with Crippen molar-refractivity contribution < 1.29 is 18.0 Å². The Balaban J connectivity index is 1.67. The highest BCUT2D eigenvalue weighted by Crippen LogP contribution is 2.50. The first-order valence-electron chi connectivity index (χ1n) is 7.89. The van der Waals surface area contributed by atoms with Gasteiger partial charge < -0.3 is 10.6 Å². The van der Waals surface area contributed by atoms with Crippen molar-refractivity contribution in [2.75, 3.05) is 19.6 Å². The number of nitrogens with two attached hydrogens (primary N) is 1. The number of hydrogen-bond donors (Lipinski definition) is 1. The summed E-state index contributed by atoms with van der Waals surface area (Å²) >= 11 is 0. The molecule has 126 valence electrons. The number of amides is 1. The second-order valence-corrected chi connectivity index (χ2v) is 7.10. The van der Waals surface area contributed by atoms with Gasteiger partial charge in [0.2, 0.25) is 5.91 Å². The van der Waals surface area contributed by atoms with Crippen molar-refractivity contribution in [3.8, 4) is 0 Å². The number of carbonyl (C=O) groups excluding carboxylic acids is 1. The first-order chi connectivity index (χ1) is 10.7. The summed E-state index contributed by atoms with van der Waals surface area (Å²) in [6, 6.07) is 5.34. The van der Waals surface area contributed by atoms with Crippen molar-refractivity contribution in [1.29, 1.82) is 0 Å². The molecule has 2 aliphatic rings. The minimum Gasteiger partial charge on any atom is -0.342 e. The molecule has 1 saturated heterocycles. The van der Waals surface area contributed by atoms with E-state index in [-0.39, 0.29) is 23.2 Å². The van der Waals surface area contributed by atoms with Crippen molar-refractivity contribution in [2.45, 2.75) is 31.9 Å². The first-order valence-corrected chi connectivity index (χ1v) is 7.89. The van der Waals surface area contributed by atoms with Gasteiger partial charge in [-0.2, -0.15) is 13.2 Å². The van der Waals surface area contributed by atoms with E-state index in [1.807, 2.05) is 4.90 Å². The predicted molar refractivity (Wildman–Crippen MR) is 80.7 cm³/mol. The first kappa shape index (κ1) is 16.3. The van der Waals surface area contributed by atoms with Crippen LogP contribution in [0.4, 0.5) is 13.2 Å². The molecule has 1 heterocycles. The maximum atomic E-state index is 12.8. The van der Waals surface area contributed by atoms with Gasteiger partial charge in [0.05, 0.1) is 5.56 Å². The molecule has 3 rings (SSSR count). The molecule has 1 aliphatic carbocycles. The Morgan fingerprint density at radius 2 is 2.17 bits per heavy atom. The van der Waals surface area contributed by atoms with E-state index in [0.717, 1.165) is 12.5 Å². The highest BCUT2D eigenvalue weighted by Gasteiger charge is 2.48. The molecule has 23 heavy (non-hydrogen) atoms. The lowest BCUT2D eigenvalue weighted by atomic mass is 9.90. The van der Waals surface area contributed by atoms with Crippen molar-refractivity contribution in [3.05, 3.63) is 35.4 Å². The van der Waals surface area contributed by atoms with Crippen LogP contribution in [0.3, 0.4) is 0 Å². The van der Waals surface area contributed by atoms with Crippen molar-refractivity contribution in [1.82, 2.24) is 4.90 Å². The second kappa shape index (κ2) is 5.51. The molecule has 2 fully saturated rings. The van der Waals surface area contributed by atoms with Crippen LogP contribution in [0, 0.1) is 11.3 Å². The molecule has 1 aromatic rings. The van der Waals surface area contributed by atoms with E-state index in [2.05, 4.69) is 6.92 Å². The molecule has 2 N–H and O–H groups in total. The van der Waals surface area contributed by atoms with Crippen molar-refractivity contribution in [2.24, 2.45) is 17.1 Å². The SMILES string of the molecule is CC1(CN)CCN(C(=O)C2CC2c2cccc(C(F)(F)F)c2)C1. The fourth-order valence-electron chi connectivity index (χ4n) is 3.39. The zero-order chi connectivity index (χ0) is 16.8. The van der Waals surface area contributed by atoms with Crippen LogP contribution in [0.1, 0.15) is 36.8 Å². The maximum Gasteiger partial charge on any atom is 0.416 e. The van der Waals surface area contributed by atoms with Crippen LogP contribution in [-0.2, 0) is 11.0 Å². The van der Waals surface area contributed by atoms with E-state index in [9.17, 15) is 18.0 Å². The number of halogens is 3. The van der Waals surface area contributed by atoms with Crippen LogP contribution >= 0.6 is 0 Å². The standard InChI is InChI=1S/C17H21F3N2O/c1-16(9-21)5-6-22(10-16)15(23)14-8-13(14)11-3-2-4-12(7-11)17(18,19)20/h2-4,7,13-14H,5-6,8-10,21H2,1H3. The molecule has 1 aliphatic heterocycles. The fourth-order valence-corrected chi connectivity index (χ4v) is 3.39. The Labute approximate surface area is 133 Å². The number of alkyl halides is 3. The molecule has 1 saturated carbocycles. The predicted octanol–water partition coefficient (Wildman–Crippen LogP) is 3.01. The van der Waals surface area contributed by atoms with Crippen LogP contribution in [0.5, 0.6) is 0 Å². The molecule has 3 unspecified atom stereocenters. The summed E-state index contributed by atoms with van der Waals surface area (Å²) in [4.78, 5) is 14.4. The van der Waals surface area contributed by atoms with Gasteiger partial charge in [-0.3, -0.25) is 4.79 Å². The molecule has 3 atom stereocenters. The molecule has 0 bridgehead atoms. The number of likely N-dealkylation sites (tertiary alicyclic amines) is 1. The van der Waals surface area contributed by atoms with Crippen LogP contribution in [0.15, 0.2) is 24.3 Å². The zero-order valence-corrected chi connectivity index (χ0v) is 13.1. The summed E-state index contributed by atoms with van der Waals surface area (Å²) in [5.74, 6) is -0.210. The average molecular weight is 326 g/mol. The van der Waals surface area contributed by atoms with E-state index in [4.69, 9.17) is 5.73 Å². The molecule has 1 aromatic carbocycles. The molecule has 1 amide bonds. The van der Waals surface area contributed by atoms with Gasteiger partial charge in [-0.15, -0.1) is 0 Å². The third-order valence-corrected chi connectivity index (χ3v) is 5.11. The number of nitrogens with zero attached hydrogens (tertiary/aromatic N) is 1. The molecule has 0 radical (unpaired) electrons. The topological polar surface area (TPSA) is 46.3 Å². The van der Waals surface area contributed by atoms with Gasteiger partial charge in [0, 0.05) is 19.0 Å². The highest BCUT2D eigenvalue weighted by atomic mass is 19.4. The summed E-state index contributed by atoms with van der Waals surface area (Å²) in [6.07, 6.45) is -2.82. The monoisotopic (exact) mass is 326 g/mol. The third kappa shape index (κ3) is 3.22. The Hall–Kier alpha value is -1.56. The van der Waals surface area contributed by atoms with E-state index in [1.54, 1.807) is 6.07 Å². The summed E-state index contributed by atoms with van der Waals surface area (Å²) in [5, 5.41) is 0. The van der Waals surface area contributed by atoms with Crippen LogP contribution in [0.25, 0.3) is 0 Å². The molecule has 3 nitrogen and oxygen atoms in total. The lowest BCUT2D eigenvalue weighted by Gasteiger charge is -2.22. The van der Waals surface area contributed by atoms with Gasteiger partial charge in [0.15, 0.2) is 0 Å². The summed E-state index contributed by atoms with van der Waals surface area (Å²) in [7, 11) is 0. The minimum atomic E-state index is -4.34. The van der Waals surface area contributed by atoms with Gasteiger partial charge in [-0.05, 0) is 42.3 Å². The fraction of sp³-hybridized carbons (Fsp3) is 0.588. The normalized spacial score (nSPS) is 30.6. The van der Waals surface area contributed by atoms with Gasteiger partial charge >= 0.3 is 6.18 Å². The second-order valence-electron chi connectivity index (χ2n) is 7.10. The van der Waals surface area contributed by atoms with E-state index < -0.39 is 11.7 Å². The van der Waals surface area contributed by atoms with E-state index >= 15 is 0 Å². The van der Waals surface area contributed by atoms with Gasteiger partial charge in [-0.25, -0.2) is 0 Å². The van der Waals surface area contributed by atoms with Crippen LogP contribution in [0.2, 0.25) is 0 Å². The average Bonchev–Trinajstić information content (AvgIpc) is 3.22. The number of rotatable bonds is 3. The van der Waals surface area contributed by atoms with E-state index in [0.29, 0.717) is 31.6 Å². The quantitative estimate of drug-likeness (QED) is 0.928. The van der Waals surface area contributed by atoms with E-state index in [1.165, 1.54) is 12.1 Å². The summed E-state index contributed by atoms with van der Waals surface area (Å²) < 4.78 is 38.4. The molecule has 0 aromatic heterocycles. The largest absolute Gasteiger partial charge is 0.416 e. The summed E-state index contributed by atoms with van der Waals surface area (Å²) in [5.41, 5.74) is 5.68. The lowest BCUT2D eigenvalue weighted by Crippen LogP contribution is -2.35. The zero-order valence-electron chi connectivity index (χ0n) is 13.1. The van der Waals surface area contributed by atoms with Crippen molar-refractivity contribution in [3.63, 3.8) is 0 Å². The Morgan fingerprint density at radius 3 is 2.78 bits per heavy atom. The van der Waals surface area contributed by atoms with Gasteiger partial charge in [-0.1, -0.05) is 25.1 Å². The number of benzene rings is 1. The molecular weight excluding hydrogens is 305 g/mol. The Kier molecular flexibility index (Phi) is 3.91. The minimum absolute atomic E-state index is 0.0315. The smallest absolute Gasteiger partial charge is 0.342 e. The molecular formula is C17H21F3N2O. The molecule has 0 spiro atoms. The lowest BCUT2D eigenvalue weighted by molar-refractivity contribution is -0.137.